The third-order valence-electron chi connectivity index (χ3n) is 3.28. The van der Waals surface area contributed by atoms with Crippen LogP contribution in [0, 0.1) is 5.92 Å². The highest BCUT2D eigenvalue weighted by Gasteiger charge is 2.31. The fourth-order valence-corrected chi connectivity index (χ4v) is 2.25. The van der Waals surface area contributed by atoms with Crippen LogP contribution in [-0.2, 0) is 0 Å². The molecule has 1 fully saturated rings. The van der Waals surface area contributed by atoms with Crippen molar-refractivity contribution >= 4 is 11.8 Å². The first-order chi connectivity index (χ1) is 8.15. The molecule has 6 heteroatoms. The van der Waals surface area contributed by atoms with Gasteiger partial charge in [-0.3, -0.25) is 0 Å². The van der Waals surface area contributed by atoms with E-state index in [-0.39, 0.29) is 18.6 Å². The molecular weight excluding hydrogens is 220 g/mol. The summed E-state index contributed by atoms with van der Waals surface area (Å²) in [7, 11) is 1.54. The van der Waals surface area contributed by atoms with Crippen LogP contribution in [0.2, 0.25) is 0 Å². The van der Waals surface area contributed by atoms with Crippen molar-refractivity contribution in [1.29, 1.82) is 0 Å². The molecule has 17 heavy (non-hydrogen) atoms. The Balaban J connectivity index is 2.30. The van der Waals surface area contributed by atoms with Gasteiger partial charge in [0.2, 0.25) is 11.8 Å². The fraction of sp³-hybridized carbons (Fsp3) is 0.636. The van der Waals surface area contributed by atoms with Crippen LogP contribution >= 0.6 is 0 Å². The van der Waals surface area contributed by atoms with E-state index in [1.807, 2.05) is 0 Å². The number of nitrogens with two attached hydrogens (primary N) is 1. The van der Waals surface area contributed by atoms with E-state index in [2.05, 4.69) is 21.8 Å². The Labute approximate surface area is 100 Å². The number of aliphatic hydroxyl groups is 1. The maximum atomic E-state index is 9.42. The molecule has 6 nitrogen and oxygen atoms in total. The number of aliphatic hydroxyl groups excluding tert-OH is 1. The molecular formula is C11H18N4O2. The molecule has 2 heterocycles. The van der Waals surface area contributed by atoms with Crippen molar-refractivity contribution in [3.63, 3.8) is 0 Å². The van der Waals surface area contributed by atoms with Crippen LogP contribution in [0.1, 0.15) is 13.3 Å². The average molecular weight is 238 g/mol. The number of rotatable bonds is 3. The van der Waals surface area contributed by atoms with Gasteiger partial charge in [0, 0.05) is 12.6 Å². The molecule has 1 aromatic heterocycles. The van der Waals surface area contributed by atoms with Crippen molar-refractivity contribution in [1.82, 2.24) is 9.97 Å². The molecule has 0 spiro atoms. The predicted octanol–water partition coefficient (Wildman–Crippen LogP) is 0.274. The molecule has 2 unspecified atom stereocenters. The molecule has 0 amide bonds. The standard InChI is InChI=1S/C11H18N4O2/c1-7-3-4-15(8(7)6-16)9-5-10(17-2)14-11(12)13-9/h5,7-8,16H,3-4,6H2,1-2H3,(H2,12,13,14). The van der Waals surface area contributed by atoms with E-state index < -0.39 is 0 Å². The lowest BCUT2D eigenvalue weighted by atomic mass is 10.0. The molecule has 0 radical (unpaired) electrons. The molecule has 2 rings (SSSR count). The molecule has 1 aliphatic rings. The van der Waals surface area contributed by atoms with E-state index in [4.69, 9.17) is 10.5 Å². The lowest BCUT2D eigenvalue weighted by Crippen LogP contribution is -2.35. The van der Waals surface area contributed by atoms with Crippen molar-refractivity contribution < 1.29 is 9.84 Å². The molecule has 1 saturated heterocycles. The zero-order chi connectivity index (χ0) is 12.4. The Kier molecular flexibility index (Phi) is 3.33. The summed E-state index contributed by atoms with van der Waals surface area (Å²) < 4.78 is 5.07. The Morgan fingerprint density at radius 1 is 1.59 bits per heavy atom. The van der Waals surface area contributed by atoms with Crippen LogP contribution in [0.5, 0.6) is 5.88 Å². The SMILES string of the molecule is COc1cc(N2CCC(C)C2CO)nc(N)n1. The lowest BCUT2D eigenvalue weighted by Gasteiger charge is -2.26. The summed E-state index contributed by atoms with van der Waals surface area (Å²) in [4.78, 5) is 10.2. The minimum absolute atomic E-state index is 0.0917. The number of ether oxygens (including phenoxy) is 1. The Morgan fingerprint density at radius 2 is 2.35 bits per heavy atom. The predicted molar refractivity (Wildman–Crippen MR) is 65.0 cm³/mol. The third-order valence-corrected chi connectivity index (χ3v) is 3.28. The van der Waals surface area contributed by atoms with Gasteiger partial charge in [0.1, 0.15) is 5.82 Å². The zero-order valence-electron chi connectivity index (χ0n) is 10.1. The van der Waals surface area contributed by atoms with E-state index in [1.54, 1.807) is 13.2 Å². The van der Waals surface area contributed by atoms with E-state index >= 15 is 0 Å². The summed E-state index contributed by atoms with van der Waals surface area (Å²) in [6.07, 6.45) is 1.04. The number of methoxy groups -OCH3 is 1. The average Bonchev–Trinajstić information content (AvgIpc) is 2.69. The Bertz CT molecular complexity index is 399. The summed E-state index contributed by atoms with van der Waals surface area (Å²) in [6.45, 7) is 3.11. The minimum Gasteiger partial charge on any atom is -0.481 e. The Hall–Kier alpha value is -1.56. The molecule has 94 valence electrons. The van der Waals surface area contributed by atoms with Gasteiger partial charge in [-0.1, -0.05) is 6.92 Å². The van der Waals surface area contributed by atoms with Crippen molar-refractivity contribution in [2.75, 3.05) is 30.9 Å². The van der Waals surface area contributed by atoms with Crippen LogP contribution in [0.15, 0.2) is 6.07 Å². The van der Waals surface area contributed by atoms with E-state index in [1.165, 1.54) is 0 Å². The molecule has 0 aromatic carbocycles. The smallest absolute Gasteiger partial charge is 0.225 e. The largest absolute Gasteiger partial charge is 0.481 e. The summed E-state index contributed by atoms with van der Waals surface area (Å²) in [5.74, 6) is 1.80. The number of nitrogens with zero attached hydrogens (tertiary/aromatic N) is 3. The normalized spacial score (nSPS) is 24.1. The summed E-state index contributed by atoms with van der Waals surface area (Å²) in [5.41, 5.74) is 5.63. The van der Waals surface area contributed by atoms with Crippen LogP contribution in [0.4, 0.5) is 11.8 Å². The molecule has 3 N–H and O–H groups in total. The number of hydrogen-bond acceptors (Lipinski definition) is 6. The number of anilines is 2. The highest BCUT2D eigenvalue weighted by Crippen LogP contribution is 2.29. The molecule has 0 bridgehead atoms. The van der Waals surface area contributed by atoms with Gasteiger partial charge in [0.05, 0.1) is 19.8 Å². The van der Waals surface area contributed by atoms with E-state index in [0.29, 0.717) is 11.8 Å². The second-order valence-electron chi connectivity index (χ2n) is 4.34. The summed E-state index contributed by atoms with van der Waals surface area (Å²) in [6, 6.07) is 1.84. The first-order valence-electron chi connectivity index (χ1n) is 5.71. The minimum atomic E-state index is 0.0917. The van der Waals surface area contributed by atoms with Gasteiger partial charge in [0.25, 0.3) is 0 Å². The van der Waals surface area contributed by atoms with Crippen molar-refractivity contribution in [3.8, 4) is 5.88 Å². The van der Waals surface area contributed by atoms with Gasteiger partial charge < -0.3 is 20.5 Å². The van der Waals surface area contributed by atoms with Crippen LogP contribution in [-0.4, -0.2) is 41.4 Å². The van der Waals surface area contributed by atoms with E-state index in [0.717, 1.165) is 18.8 Å². The van der Waals surface area contributed by atoms with E-state index in [9.17, 15) is 5.11 Å². The maximum Gasteiger partial charge on any atom is 0.225 e. The number of nitrogen functional groups attached to an aromatic ring is 1. The molecule has 1 aromatic rings. The highest BCUT2D eigenvalue weighted by molar-refractivity contribution is 5.47. The van der Waals surface area contributed by atoms with Crippen LogP contribution < -0.4 is 15.4 Å². The monoisotopic (exact) mass is 238 g/mol. The van der Waals surface area contributed by atoms with Crippen molar-refractivity contribution in [2.24, 2.45) is 5.92 Å². The van der Waals surface area contributed by atoms with Crippen molar-refractivity contribution in [2.45, 2.75) is 19.4 Å². The highest BCUT2D eigenvalue weighted by atomic mass is 16.5. The van der Waals surface area contributed by atoms with Gasteiger partial charge in [-0.2, -0.15) is 9.97 Å². The third kappa shape index (κ3) is 2.26. The lowest BCUT2D eigenvalue weighted by molar-refractivity contribution is 0.244. The first-order valence-corrected chi connectivity index (χ1v) is 5.71. The van der Waals surface area contributed by atoms with Gasteiger partial charge >= 0.3 is 0 Å². The Morgan fingerprint density at radius 3 is 3.00 bits per heavy atom. The van der Waals surface area contributed by atoms with Crippen LogP contribution in [0.3, 0.4) is 0 Å². The van der Waals surface area contributed by atoms with Crippen molar-refractivity contribution in [3.05, 3.63) is 6.07 Å². The van der Waals surface area contributed by atoms with Crippen LogP contribution in [0.25, 0.3) is 0 Å². The second kappa shape index (κ2) is 4.75. The second-order valence-corrected chi connectivity index (χ2v) is 4.34. The quantitative estimate of drug-likeness (QED) is 0.786. The summed E-state index contributed by atoms with van der Waals surface area (Å²) >= 11 is 0. The maximum absolute atomic E-state index is 9.42. The zero-order valence-corrected chi connectivity index (χ0v) is 10.1. The fourth-order valence-electron chi connectivity index (χ4n) is 2.25. The summed E-state index contributed by atoms with van der Waals surface area (Å²) in [5, 5.41) is 9.42. The molecule has 0 saturated carbocycles. The van der Waals surface area contributed by atoms with Gasteiger partial charge in [0.15, 0.2) is 0 Å². The molecule has 1 aliphatic heterocycles. The molecule has 0 aliphatic carbocycles. The van der Waals surface area contributed by atoms with Gasteiger partial charge in [-0.15, -0.1) is 0 Å². The van der Waals surface area contributed by atoms with Gasteiger partial charge in [-0.05, 0) is 12.3 Å². The molecule has 2 atom stereocenters. The number of aromatic nitrogens is 2. The topological polar surface area (TPSA) is 84.5 Å². The number of hydrogen-bond donors (Lipinski definition) is 2. The first kappa shape index (κ1) is 11.9. The van der Waals surface area contributed by atoms with Gasteiger partial charge in [-0.25, -0.2) is 0 Å².